The van der Waals surface area contributed by atoms with Crippen molar-refractivity contribution < 1.29 is 14.2 Å². The highest BCUT2D eigenvalue weighted by molar-refractivity contribution is 9.10. The summed E-state index contributed by atoms with van der Waals surface area (Å²) in [6.07, 6.45) is 2.22. The summed E-state index contributed by atoms with van der Waals surface area (Å²) in [4.78, 5) is 0. The van der Waals surface area contributed by atoms with Gasteiger partial charge in [-0.25, -0.2) is 0 Å². The fourth-order valence-corrected chi connectivity index (χ4v) is 3.06. The highest BCUT2D eigenvalue weighted by Crippen LogP contribution is 2.32. The number of rotatable bonds is 4. The van der Waals surface area contributed by atoms with Crippen LogP contribution in [0.15, 0.2) is 16.6 Å². The van der Waals surface area contributed by atoms with E-state index < -0.39 is 0 Å². The van der Waals surface area contributed by atoms with Gasteiger partial charge in [-0.1, -0.05) is 15.9 Å². The van der Waals surface area contributed by atoms with Gasteiger partial charge in [0, 0.05) is 29.5 Å². The third-order valence-electron chi connectivity index (χ3n) is 3.48. The lowest BCUT2D eigenvalue weighted by atomic mass is 10.1. The minimum Gasteiger partial charge on any atom is -0.493 e. The molecule has 0 radical (unpaired) electrons. The Morgan fingerprint density at radius 2 is 2.26 bits per heavy atom. The Labute approximate surface area is 121 Å². The number of nitrogens with one attached hydrogen (secondary N) is 1. The summed E-state index contributed by atoms with van der Waals surface area (Å²) in [6.45, 7) is 3.67. The van der Waals surface area contributed by atoms with Gasteiger partial charge in [-0.2, -0.15) is 0 Å². The summed E-state index contributed by atoms with van der Waals surface area (Å²) in [6, 6.07) is 4.27. The molecule has 1 saturated heterocycles. The summed E-state index contributed by atoms with van der Waals surface area (Å²) in [7, 11) is 0. The van der Waals surface area contributed by atoms with Gasteiger partial charge in [0.1, 0.15) is 12.5 Å². The molecule has 1 aromatic rings. The highest BCUT2D eigenvalue weighted by Gasteiger charge is 2.18. The molecule has 104 valence electrons. The highest BCUT2D eigenvalue weighted by atomic mass is 79.9. The van der Waals surface area contributed by atoms with Crippen LogP contribution in [0.4, 0.5) is 0 Å². The van der Waals surface area contributed by atoms with Crippen molar-refractivity contribution in [3.63, 3.8) is 0 Å². The van der Waals surface area contributed by atoms with Gasteiger partial charge in [0.05, 0.1) is 19.3 Å². The van der Waals surface area contributed by atoms with E-state index in [0.717, 1.165) is 49.4 Å². The van der Waals surface area contributed by atoms with E-state index in [-0.39, 0.29) is 6.10 Å². The summed E-state index contributed by atoms with van der Waals surface area (Å²) < 4.78 is 17.5. The molecule has 1 fully saturated rings. The molecule has 0 aromatic heterocycles. The Balaban J connectivity index is 1.57. The third-order valence-corrected chi connectivity index (χ3v) is 3.94. The molecular weight excluding hydrogens is 310 g/mol. The summed E-state index contributed by atoms with van der Waals surface area (Å²) in [5, 5.41) is 3.45. The van der Waals surface area contributed by atoms with Crippen LogP contribution in [0.5, 0.6) is 5.75 Å². The number of ether oxygens (including phenoxy) is 3. The smallest absolute Gasteiger partial charge is 0.147 e. The van der Waals surface area contributed by atoms with E-state index in [0.29, 0.717) is 6.79 Å². The molecule has 0 saturated carbocycles. The van der Waals surface area contributed by atoms with Crippen molar-refractivity contribution in [3.05, 3.63) is 27.7 Å². The first-order valence-corrected chi connectivity index (χ1v) is 7.46. The van der Waals surface area contributed by atoms with E-state index in [2.05, 4.69) is 33.4 Å². The monoisotopic (exact) mass is 327 g/mol. The SMILES string of the molecule is Brc1cc2c(c(CNCC3CCOCO3)c1)OCC2. The van der Waals surface area contributed by atoms with E-state index in [1.807, 2.05) is 0 Å². The van der Waals surface area contributed by atoms with E-state index >= 15 is 0 Å². The predicted molar refractivity (Wildman–Crippen MR) is 75.4 cm³/mol. The van der Waals surface area contributed by atoms with E-state index in [1.165, 1.54) is 11.1 Å². The van der Waals surface area contributed by atoms with Crippen LogP contribution in [-0.2, 0) is 22.4 Å². The minimum absolute atomic E-state index is 0.259. The van der Waals surface area contributed by atoms with Gasteiger partial charge in [-0.15, -0.1) is 0 Å². The largest absolute Gasteiger partial charge is 0.493 e. The average molecular weight is 328 g/mol. The van der Waals surface area contributed by atoms with Gasteiger partial charge in [0.2, 0.25) is 0 Å². The van der Waals surface area contributed by atoms with E-state index in [1.54, 1.807) is 0 Å². The zero-order chi connectivity index (χ0) is 13.1. The Morgan fingerprint density at radius 1 is 1.32 bits per heavy atom. The molecule has 2 heterocycles. The van der Waals surface area contributed by atoms with Crippen LogP contribution in [0.25, 0.3) is 0 Å². The molecule has 1 aromatic carbocycles. The Bertz CT molecular complexity index is 447. The number of hydrogen-bond acceptors (Lipinski definition) is 4. The molecule has 3 rings (SSSR count). The number of fused-ring (bicyclic) bond motifs is 1. The molecule has 19 heavy (non-hydrogen) atoms. The van der Waals surface area contributed by atoms with Gasteiger partial charge in [0.25, 0.3) is 0 Å². The normalized spacial score (nSPS) is 22.1. The second-order valence-electron chi connectivity index (χ2n) is 4.89. The van der Waals surface area contributed by atoms with Gasteiger partial charge < -0.3 is 19.5 Å². The fraction of sp³-hybridized carbons (Fsp3) is 0.571. The minimum atomic E-state index is 0.259. The summed E-state index contributed by atoms with van der Waals surface area (Å²) in [5.74, 6) is 1.06. The Kier molecular flexibility index (Phi) is 4.38. The molecule has 0 aliphatic carbocycles. The predicted octanol–water partition coefficient (Wildman–Crippen LogP) is 2.24. The molecule has 1 N–H and O–H groups in total. The first-order chi connectivity index (χ1) is 9.33. The van der Waals surface area contributed by atoms with Crippen molar-refractivity contribution in [2.24, 2.45) is 0 Å². The number of halogens is 1. The topological polar surface area (TPSA) is 39.7 Å². The molecular formula is C14H18BrNO3. The maximum Gasteiger partial charge on any atom is 0.147 e. The number of benzene rings is 1. The quantitative estimate of drug-likeness (QED) is 0.920. The number of hydrogen-bond donors (Lipinski definition) is 1. The molecule has 0 amide bonds. The molecule has 5 heteroatoms. The molecule has 1 atom stereocenters. The lowest BCUT2D eigenvalue weighted by Gasteiger charge is -2.23. The standard InChI is InChI=1S/C14H18BrNO3/c15-12-5-10-1-4-18-14(10)11(6-12)7-16-8-13-2-3-17-9-19-13/h5-6,13,16H,1-4,7-9H2. The first kappa shape index (κ1) is 13.4. The van der Waals surface area contributed by atoms with Crippen LogP contribution in [0.2, 0.25) is 0 Å². The summed E-state index contributed by atoms with van der Waals surface area (Å²) in [5.41, 5.74) is 2.52. The lowest BCUT2D eigenvalue weighted by molar-refractivity contribution is -0.137. The Morgan fingerprint density at radius 3 is 3.11 bits per heavy atom. The van der Waals surface area contributed by atoms with Crippen molar-refractivity contribution >= 4 is 15.9 Å². The molecule has 0 bridgehead atoms. The second kappa shape index (κ2) is 6.22. The average Bonchev–Trinajstić information content (AvgIpc) is 2.88. The van der Waals surface area contributed by atoms with Gasteiger partial charge in [-0.3, -0.25) is 0 Å². The van der Waals surface area contributed by atoms with Gasteiger partial charge in [-0.05, 0) is 24.1 Å². The molecule has 4 nitrogen and oxygen atoms in total. The van der Waals surface area contributed by atoms with Crippen molar-refractivity contribution in [2.75, 3.05) is 26.6 Å². The van der Waals surface area contributed by atoms with Crippen LogP contribution in [0.3, 0.4) is 0 Å². The van der Waals surface area contributed by atoms with Crippen molar-refractivity contribution in [3.8, 4) is 5.75 Å². The fourth-order valence-electron chi connectivity index (χ4n) is 2.51. The second-order valence-corrected chi connectivity index (χ2v) is 5.80. The van der Waals surface area contributed by atoms with E-state index in [4.69, 9.17) is 14.2 Å². The van der Waals surface area contributed by atoms with Crippen molar-refractivity contribution in [1.29, 1.82) is 0 Å². The molecule has 1 unspecified atom stereocenters. The van der Waals surface area contributed by atoms with E-state index in [9.17, 15) is 0 Å². The lowest BCUT2D eigenvalue weighted by Crippen LogP contribution is -2.33. The molecule has 2 aliphatic heterocycles. The van der Waals surface area contributed by atoms with Crippen LogP contribution < -0.4 is 10.1 Å². The van der Waals surface area contributed by atoms with Crippen LogP contribution >= 0.6 is 15.9 Å². The first-order valence-electron chi connectivity index (χ1n) is 6.67. The van der Waals surface area contributed by atoms with Crippen LogP contribution in [-0.4, -0.2) is 32.7 Å². The zero-order valence-corrected chi connectivity index (χ0v) is 12.4. The summed E-state index contributed by atoms with van der Waals surface area (Å²) >= 11 is 3.56. The van der Waals surface area contributed by atoms with Crippen LogP contribution in [0, 0.1) is 0 Å². The maximum absolute atomic E-state index is 5.72. The maximum atomic E-state index is 5.72. The van der Waals surface area contributed by atoms with Crippen molar-refractivity contribution in [2.45, 2.75) is 25.5 Å². The van der Waals surface area contributed by atoms with Crippen LogP contribution in [0.1, 0.15) is 17.5 Å². The zero-order valence-electron chi connectivity index (χ0n) is 10.8. The third kappa shape index (κ3) is 3.28. The van der Waals surface area contributed by atoms with Gasteiger partial charge >= 0.3 is 0 Å². The van der Waals surface area contributed by atoms with Crippen molar-refractivity contribution in [1.82, 2.24) is 5.32 Å². The molecule has 2 aliphatic rings. The molecule has 0 spiro atoms. The van der Waals surface area contributed by atoms with Gasteiger partial charge in [0.15, 0.2) is 0 Å². The Hall–Kier alpha value is -0.620.